The topological polar surface area (TPSA) is 97.9 Å². The van der Waals surface area contributed by atoms with Crippen LogP contribution in [0.25, 0.3) is 39.3 Å². The van der Waals surface area contributed by atoms with Crippen molar-refractivity contribution in [2.75, 3.05) is 34.4 Å². The Hall–Kier alpha value is -4.32. The van der Waals surface area contributed by atoms with E-state index in [0.29, 0.717) is 27.9 Å². The van der Waals surface area contributed by atoms with Crippen molar-refractivity contribution in [3.8, 4) is 34.2 Å². The van der Waals surface area contributed by atoms with Crippen LogP contribution in [0, 0.1) is 0 Å². The minimum atomic E-state index is -4.82. The number of aromatic nitrogens is 4. The van der Waals surface area contributed by atoms with Crippen LogP contribution in [0.2, 0.25) is 0 Å². The Morgan fingerprint density at radius 2 is 1.84 bits per heavy atom. The van der Waals surface area contributed by atoms with Gasteiger partial charge in [0.05, 0.1) is 12.7 Å². The summed E-state index contributed by atoms with van der Waals surface area (Å²) < 4.78 is 59.9. The van der Waals surface area contributed by atoms with Crippen molar-refractivity contribution < 1.29 is 27.1 Å². The number of benzene rings is 2. The normalized spacial score (nSPS) is 12.1. The molecule has 0 aliphatic rings. The molecule has 0 aliphatic heterocycles. The summed E-state index contributed by atoms with van der Waals surface area (Å²) in [5.74, 6) is 0.174. The highest BCUT2D eigenvalue weighted by molar-refractivity contribution is 5.84. The van der Waals surface area contributed by atoms with Gasteiger partial charge in [0.1, 0.15) is 18.0 Å². The van der Waals surface area contributed by atoms with E-state index in [4.69, 9.17) is 13.9 Å². The van der Waals surface area contributed by atoms with E-state index in [1.165, 1.54) is 19.2 Å². The minimum absolute atomic E-state index is 0.0873. The second-order valence-corrected chi connectivity index (χ2v) is 8.46. The molecule has 0 aliphatic carbocycles. The van der Waals surface area contributed by atoms with Crippen LogP contribution in [-0.2, 0) is 6.18 Å². The number of methoxy groups -OCH3 is 1. The second kappa shape index (κ2) is 9.28. The maximum Gasteiger partial charge on any atom is 0.435 e. The molecule has 0 fully saturated rings. The quantitative estimate of drug-likeness (QED) is 0.343. The highest BCUT2D eigenvalue weighted by atomic mass is 19.4. The molecule has 5 aromatic rings. The molecule has 0 bridgehead atoms. The fourth-order valence-electron chi connectivity index (χ4n) is 3.95. The van der Waals surface area contributed by atoms with Crippen molar-refractivity contribution >= 4 is 16.7 Å². The lowest BCUT2D eigenvalue weighted by molar-refractivity contribution is -0.140. The van der Waals surface area contributed by atoms with Crippen LogP contribution in [0.1, 0.15) is 5.69 Å². The summed E-state index contributed by atoms with van der Waals surface area (Å²) in [7, 11) is 5.14. The van der Waals surface area contributed by atoms with Crippen LogP contribution in [0.4, 0.5) is 13.2 Å². The van der Waals surface area contributed by atoms with Gasteiger partial charge in [0.25, 0.3) is 5.56 Å². The molecule has 9 nitrogen and oxygen atoms in total. The number of oxazole rings is 1. The first-order valence-electron chi connectivity index (χ1n) is 11.2. The van der Waals surface area contributed by atoms with Crippen molar-refractivity contribution in [2.24, 2.45) is 0 Å². The smallest absolute Gasteiger partial charge is 0.435 e. The van der Waals surface area contributed by atoms with E-state index in [9.17, 15) is 18.0 Å². The number of nitrogens with one attached hydrogen (secondary N) is 1. The lowest BCUT2D eigenvalue weighted by Crippen LogP contribution is -2.23. The molecule has 0 amide bonds. The number of rotatable bonds is 7. The third-order valence-corrected chi connectivity index (χ3v) is 5.68. The van der Waals surface area contributed by atoms with Gasteiger partial charge < -0.3 is 23.8 Å². The Morgan fingerprint density at radius 1 is 1.08 bits per heavy atom. The van der Waals surface area contributed by atoms with E-state index in [0.717, 1.165) is 0 Å². The number of halogens is 3. The first-order chi connectivity index (χ1) is 17.7. The van der Waals surface area contributed by atoms with Crippen molar-refractivity contribution in [3.63, 3.8) is 0 Å². The Balaban J connectivity index is 1.81. The van der Waals surface area contributed by atoms with Crippen molar-refractivity contribution in [2.45, 2.75) is 6.18 Å². The number of hydrogen-bond donors (Lipinski definition) is 1. The van der Waals surface area contributed by atoms with Gasteiger partial charge in [0.2, 0.25) is 11.8 Å². The lowest BCUT2D eigenvalue weighted by atomic mass is 10.1. The molecular weight excluding hydrogens is 491 g/mol. The van der Waals surface area contributed by atoms with E-state index >= 15 is 0 Å². The standard InChI is InChI=1S/C25H22F3N5O4/c1-32(2)12-13-36-22-18(23-29-19-15(35-3)10-7-11-16(19)37-23)24(34)33-21(30-22)17(14-8-5-4-6-9-14)20(31-33)25(26,27)28/h4-11,30H,12-13H2,1-3H3. The molecule has 1 N–H and O–H groups in total. The van der Waals surface area contributed by atoms with Gasteiger partial charge in [-0.25, -0.2) is 4.98 Å². The van der Waals surface area contributed by atoms with Gasteiger partial charge in [-0.1, -0.05) is 36.4 Å². The first kappa shape index (κ1) is 24.4. The predicted octanol–water partition coefficient (Wildman–Crippen LogP) is 4.47. The third kappa shape index (κ3) is 4.40. The molecule has 192 valence electrons. The molecule has 0 unspecified atom stereocenters. The van der Waals surface area contributed by atoms with Crippen LogP contribution in [0.3, 0.4) is 0 Å². The number of aromatic amines is 1. The van der Waals surface area contributed by atoms with Crippen LogP contribution in [-0.4, -0.2) is 58.8 Å². The minimum Gasteiger partial charge on any atom is -0.494 e. The zero-order valence-electron chi connectivity index (χ0n) is 20.1. The number of alkyl halides is 3. The number of likely N-dealkylation sites (N-methyl/N-ethyl adjacent to an activating group) is 1. The average molecular weight is 513 g/mol. The maximum atomic E-state index is 14.1. The molecule has 2 aromatic carbocycles. The summed E-state index contributed by atoms with van der Waals surface area (Å²) in [6.07, 6.45) is -4.82. The number of ether oxygens (including phenoxy) is 2. The molecule has 0 atom stereocenters. The molecule has 0 spiro atoms. The summed E-state index contributed by atoms with van der Waals surface area (Å²) in [4.78, 5) is 22.8. The monoisotopic (exact) mass is 513 g/mol. The fourth-order valence-corrected chi connectivity index (χ4v) is 3.95. The van der Waals surface area contributed by atoms with Gasteiger partial charge >= 0.3 is 6.18 Å². The van der Waals surface area contributed by atoms with Crippen molar-refractivity contribution in [1.82, 2.24) is 24.5 Å². The van der Waals surface area contributed by atoms with Crippen molar-refractivity contribution in [3.05, 3.63) is 64.6 Å². The predicted molar refractivity (Wildman–Crippen MR) is 130 cm³/mol. The molecule has 5 rings (SSSR count). The van der Waals surface area contributed by atoms with E-state index in [-0.39, 0.29) is 40.7 Å². The number of nitrogens with zero attached hydrogens (tertiary/aromatic N) is 4. The fraction of sp³-hybridized carbons (Fsp3) is 0.240. The summed E-state index contributed by atoms with van der Waals surface area (Å²) >= 11 is 0. The number of fused-ring (bicyclic) bond motifs is 2. The van der Waals surface area contributed by atoms with Gasteiger partial charge in [-0.15, -0.1) is 0 Å². The number of hydrogen-bond acceptors (Lipinski definition) is 7. The van der Waals surface area contributed by atoms with Crippen LogP contribution in [0.15, 0.2) is 57.7 Å². The molecule has 3 aromatic heterocycles. The van der Waals surface area contributed by atoms with E-state index in [1.807, 2.05) is 19.0 Å². The summed E-state index contributed by atoms with van der Waals surface area (Å²) in [6.45, 7) is 0.614. The summed E-state index contributed by atoms with van der Waals surface area (Å²) in [5, 5.41) is 3.67. The molecule has 0 saturated carbocycles. The van der Waals surface area contributed by atoms with Crippen LogP contribution >= 0.6 is 0 Å². The molecule has 0 saturated heterocycles. The highest BCUT2D eigenvalue weighted by Crippen LogP contribution is 2.39. The van der Waals surface area contributed by atoms with Gasteiger partial charge in [0.15, 0.2) is 22.4 Å². The van der Waals surface area contributed by atoms with E-state index in [2.05, 4.69) is 15.1 Å². The van der Waals surface area contributed by atoms with Gasteiger partial charge in [-0.3, -0.25) is 4.79 Å². The lowest BCUT2D eigenvalue weighted by Gasteiger charge is -2.13. The third-order valence-electron chi connectivity index (χ3n) is 5.68. The largest absolute Gasteiger partial charge is 0.494 e. The summed E-state index contributed by atoms with van der Waals surface area (Å²) in [6, 6.07) is 12.9. The van der Waals surface area contributed by atoms with Crippen molar-refractivity contribution in [1.29, 1.82) is 0 Å². The Kier molecular flexibility index (Phi) is 6.12. The van der Waals surface area contributed by atoms with Gasteiger partial charge in [-0.05, 0) is 31.8 Å². The van der Waals surface area contributed by atoms with Gasteiger partial charge in [-0.2, -0.15) is 22.8 Å². The highest BCUT2D eigenvalue weighted by Gasteiger charge is 2.40. The van der Waals surface area contributed by atoms with Crippen LogP contribution in [0.5, 0.6) is 11.6 Å². The first-order valence-corrected chi connectivity index (χ1v) is 11.2. The van der Waals surface area contributed by atoms with Gasteiger partial charge in [0, 0.05) is 6.54 Å². The summed E-state index contributed by atoms with van der Waals surface area (Å²) in [5.41, 5.74) is -1.81. The second-order valence-electron chi connectivity index (χ2n) is 8.46. The maximum absolute atomic E-state index is 14.1. The molecule has 3 heterocycles. The zero-order valence-corrected chi connectivity index (χ0v) is 20.1. The molecule has 12 heteroatoms. The Bertz CT molecular complexity index is 1640. The molecule has 37 heavy (non-hydrogen) atoms. The zero-order chi connectivity index (χ0) is 26.3. The SMILES string of the molecule is COc1cccc2oc(-c3c(OCCN(C)C)[nH]c4c(-c5ccccc5)c(C(F)(F)F)nn4c3=O)nc12. The molecular formula is C25H22F3N5O4. The molecule has 0 radical (unpaired) electrons. The number of H-pyrrole nitrogens is 1. The Labute approximate surface area is 208 Å². The van der Waals surface area contributed by atoms with E-state index in [1.54, 1.807) is 36.4 Å². The number of para-hydroxylation sites is 1. The van der Waals surface area contributed by atoms with Crippen LogP contribution < -0.4 is 15.0 Å². The van der Waals surface area contributed by atoms with E-state index < -0.39 is 17.4 Å². The average Bonchev–Trinajstić information content (AvgIpc) is 3.46. The Morgan fingerprint density at radius 3 is 2.51 bits per heavy atom.